The Morgan fingerprint density at radius 2 is 1.85 bits per heavy atom. The zero-order valence-electron chi connectivity index (χ0n) is 15.6. The number of carbonyl (C=O) groups excluding carboxylic acids is 1. The number of piperidine rings is 1. The monoisotopic (exact) mass is 384 g/mol. The summed E-state index contributed by atoms with van der Waals surface area (Å²) in [5.74, 6) is -0.201. The maximum absolute atomic E-state index is 13.0. The Hall–Kier alpha value is -1.47. The predicted octanol–water partition coefficient (Wildman–Crippen LogP) is 3.31. The number of hydrogen-bond acceptors (Lipinski definition) is 3. The van der Waals surface area contributed by atoms with Crippen molar-refractivity contribution < 1.29 is 17.6 Å². The Kier molecular flexibility index (Phi) is 7.58. The molecule has 5 nitrogen and oxygen atoms in total. The summed E-state index contributed by atoms with van der Waals surface area (Å²) >= 11 is 0. The number of hydrogen-bond donors (Lipinski definition) is 1. The first-order valence-electron chi connectivity index (χ1n) is 9.44. The molecule has 1 heterocycles. The van der Waals surface area contributed by atoms with Crippen molar-refractivity contribution in [3.8, 4) is 0 Å². The molecule has 0 saturated carbocycles. The zero-order valence-corrected chi connectivity index (χ0v) is 16.4. The van der Waals surface area contributed by atoms with E-state index < -0.39 is 15.8 Å². The molecule has 146 valence electrons. The fourth-order valence-electron chi connectivity index (χ4n) is 3.33. The van der Waals surface area contributed by atoms with E-state index in [4.69, 9.17) is 0 Å². The van der Waals surface area contributed by atoms with Gasteiger partial charge in [0.2, 0.25) is 15.9 Å². The lowest BCUT2D eigenvalue weighted by atomic mass is 9.96. The number of rotatable bonds is 8. The second-order valence-electron chi connectivity index (χ2n) is 6.92. The van der Waals surface area contributed by atoms with Gasteiger partial charge in [0.25, 0.3) is 0 Å². The van der Waals surface area contributed by atoms with Crippen LogP contribution >= 0.6 is 0 Å². The summed E-state index contributed by atoms with van der Waals surface area (Å²) in [6.07, 6.45) is 5.08. The van der Waals surface area contributed by atoms with Gasteiger partial charge in [-0.3, -0.25) is 4.79 Å². The van der Waals surface area contributed by atoms with E-state index in [1.807, 2.05) is 11.8 Å². The maximum atomic E-state index is 13.0. The molecule has 0 aliphatic carbocycles. The van der Waals surface area contributed by atoms with Gasteiger partial charge in [0, 0.05) is 25.0 Å². The highest BCUT2D eigenvalue weighted by Gasteiger charge is 2.29. The van der Waals surface area contributed by atoms with Crippen molar-refractivity contribution in [1.29, 1.82) is 0 Å². The van der Waals surface area contributed by atoms with Gasteiger partial charge in [-0.05, 0) is 49.9 Å². The summed E-state index contributed by atoms with van der Waals surface area (Å²) in [6.45, 7) is 5.30. The van der Waals surface area contributed by atoms with E-state index in [9.17, 15) is 17.6 Å². The molecule has 0 bridgehead atoms. The second-order valence-corrected chi connectivity index (χ2v) is 8.64. The van der Waals surface area contributed by atoms with Crippen LogP contribution in [-0.4, -0.2) is 38.4 Å². The molecule has 26 heavy (non-hydrogen) atoms. The lowest BCUT2D eigenvalue weighted by molar-refractivity contribution is -0.137. The first-order valence-corrected chi connectivity index (χ1v) is 10.9. The molecular formula is C19H29FN2O3S. The molecule has 0 spiro atoms. The molecule has 1 unspecified atom stereocenters. The number of benzene rings is 1. The normalized spacial score (nSPS) is 17.3. The first kappa shape index (κ1) is 20.8. The van der Waals surface area contributed by atoms with Crippen molar-refractivity contribution in [1.82, 2.24) is 9.62 Å². The molecule has 1 atom stereocenters. The lowest BCUT2D eigenvalue weighted by Crippen LogP contribution is -2.48. The van der Waals surface area contributed by atoms with Gasteiger partial charge in [0.1, 0.15) is 5.82 Å². The number of halogens is 1. The molecule has 1 aliphatic rings. The number of nitrogens with zero attached hydrogens (tertiary/aromatic N) is 1. The third-order valence-corrected chi connectivity index (χ3v) is 6.54. The minimum absolute atomic E-state index is 0.0584. The molecule has 1 aromatic rings. The fraction of sp³-hybridized carbons (Fsp3) is 0.632. The SMILES string of the molecule is CCCCC(CC)C(=O)N1CCC(NS(=O)(=O)c2ccc(F)cc2)CC1. The number of amides is 1. The predicted molar refractivity (Wildman–Crippen MR) is 99.6 cm³/mol. The van der Waals surface area contributed by atoms with E-state index >= 15 is 0 Å². The highest BCUT2D eigenvalue weighted by Crippen LogP contribution is 2.20. The lowest BCUT2D eigenvalue weighted by Gasteiger charge is -2.34. The van der Waals surface area contributed by atoms with Gasteiger partial charge in [-0.2, -0.15) is 0 Å². The Bertz CT molecular complexity index is 683. The van der Waals surface area contributed by atoms with Crippen molar-refractivity contribution in [3.05, 3.63) is 30.1 Å². The summed E-state index contributed by atoms with van der Waals surface area (Å²) in [5.41, 5.74) is 0. The van der Waals surface area contributed by atoms with Crippen LogP contribution in [0.2, 0.25) is 0 Å². The first-order chi connectivity index (χ1) is 12.4. The minimum Gasteiger partial charge on any atom is -0.342 e. The molecule has 0 aromatic heterocycles. The summed E-state index contributed by atoms with van der Waals surface area (Å²) in [6, 6.07) is 4.59. The van der Waals surface area contributed by atoms with Crippen LogP contribution in [0.1, 0.15) is 52.4 Å². The fourth-order valence-corrected chi connectivity index (χ4v) is 4.63. The van der Waals surface area contributed by atoms with Crippen LogP contribution in [0, 0.1) is 11.7 Å². The smallest absolute Gasteiger partial charge is 0.240 e. The average Bonchev–Trinajstić information content (AvgIpc) is 2.63. The van der Waals surface area contributed by atoms with Crippen LogP contribution in [0.4, 0.5) is 4.39 Å². The van der Waals surface area contributed by atoms with Gasteiger partial charge >= 0.3 is 0 Å². The van der Waals surface area contributed by atoms with E-state index in [1.165, 1.54) is 12.1 Å². The number of carbonyl (C=O) groups is 1. The van der Waals surface area contributed by atoms with E-state index in [0.29, 0.717) is 25.9 Å². The molecule has 1 amide bonds. The van der Waals surface area contributed by atoms with Crippen LogP contribution in [0.5, 0.6) is 0 Å². The van der Waals surface area contributed by atoms with Crippen molar-refractivity contribution in [2.45, 2.75) is 63.3 Å². The van der Waals surface area contributed by atoms with Gasteiger partial charge in [-0.15, -0.1) is 0 Å². The topological polar surface area (TPSA) is 66.5 Å². The third-order valence-electron chi connectivity index (χ3n) is 5.00. The Morgan fingerprint density at radius 3 is 2.38 bits per heavy atom. The number of sulfonamides is 1. The van der Waals surface area contributed by atoms with Crippen LogP contribution in [-0.2, 0) is 14.8 Å². The zero-order chi connectivity index (χ0) is 19.2. The molecule has 1 aromatic carbocycles. The molecule has 7 heteroatoms. The van der Waals surface area contributed by atoms with Gasteiger partial charge in [0.05, 0.1) is 4.90 Å². The second kappa shape index (κ2) is 9.46. The molecule has 1 fully saturated rings. The van der Waals surface area contributed by atoms with E-state index in [1.54, 1.807) is 0 Å². The van der Waals surface area contributed by atoms with Crippen molar-refractivity contribution in [3.63, 3.8) is 0 Å². The van der Waals surface area contributed by atoms with E-state index in [2.05, 4.69) is 11.6 Å². The quantitative estimate of drug-likeness (QED) is 0.748. The maximum Gasteiger partial charge on any atom is 0.240 e. The average molecular weight is 385 g/mol. The van der Waals surface area contributed by atoms with Gasteiger partial charge < -0.3 is 4.90 Å². The van der Waals surface area contributed by atoms with Crippen molar-refractivity contribution in [2.75, 3.05) is 13.1 Å². The minimum atomic E-state index is -3.67. The highest BCUT2D eigenvalue weighted by atomic mass is 32.2. The number of nitrogens with one attached hydrogen (secondary N) is 1. The van der Waals surface area contributed by atoms with Crippen molar-refractivity contribution >= 4 is 15.9 Å². The Morgan fingerprint density at radius 1 is 1.23 bits per heavy atom. The molecule has 1 aliphatic heterocycles. The Balaban J connectivity index is 1.89. The van der Waals surface area contributed by atoms with Crippen LogP contribution in [0.25, 0.3) is 0 Å². The molecule has 1 N–H and O–H groups in total. The Labute approximate surface area is 156 Å². The largest absolute Gasteiger partial charge is 0.342 e. The van der Waals surface area contributed by atoms with Crippen LogP contribution in [0.3, 0.4) is 0 Å². The summed E-state index contributed by atoms with van der Waals surface area (Å²) in [7, 11) is -3.67. The number of unbranched alkanes of at least 4 members (excludes halogenated alkanes) is 1. The molecule has 2 rings (SSSR count). The summed E-state index contributed by atoms with van der Waals surface area (Å²) in [5, 5.41) is 0. The summed E-state index contributed by atoms with van der Waals surface area (Å²) in [4.78, 5) is 14.6. The van der Waals surface area contributed by atoms with Crippen LogP contribution < -0.4 is 4.72 Å². The van der Waals surface area contributed by atoms with E-state index in [-0.39, 0.29) is 22.8 Å². The van der Waals surface area contributed by atoms with Crippen LogP contribution in [0.15, 0.2) is 29.2 Å². The van der Waals surface area contributed by atoms with Gasteiger partial charge in [-0.1, -0.05) is 26.7 Å². The highest BCUT2D eigenvalue weighted by molar-refractivity contribution is 7.89. The standard InChI is InChI=1S/C19H29FN2O3S/c1-3-5-6-15(4-2)19(23)22-13-11-17(12-14-22)21-26(24,25)18-9-7-16(20)8-10-18/h7-10,15,17,21H,3-6,11-14H2,1-2H3. The van der Waals surface area contributed by atoms with Crippen molar-refractivity contribution in [2.24, 2.45) is 5.92 Å². The van der Waals surface area contributed by atoms with Gasteiger partial charge in [-0.25, -0.2) is 17.5 Å². The number of likely N-dealkylation sites (tertiary alicyclic amines) is 1. The molecule has 1 saturated heterocycles. The summed E-state index contributed by atoms with van der Waals surface area (Å²) < 4.78 is 40.4. The van der Waals surface area contributed by atoms with E-state index in [0.717, 1.165) is 37.8 Å². The third kappa shape index (κ3) is 5.51. The van der Waals surface area contributed by atoms with Gasteiger partial charge in [0.15, 0.2) is 0 Å². The molecule has 0 radical (unpaired) electrons. The molecular weight excluding hydrogens is 355 g/mol.